The fraction of sp³-hybridized carbons (Fsp3) is 0.433. The lowest BCUT2D eigenvalue weighted by Crippen LogP contribution is -2.50. The summed E-state index contributed by atoms with van der Waals surface area (Å²) in [6, 6.07) is 9.42. The van der Waals surface area contributed by atoms with Crippen LogP contribution in [-0.4, -0.2) is 71.7 Å². The number of benzene rings is 2. The van der Waals surface area contributed by atoms with Crippen molar-refractivity contribution in [1.82, 2.24) is 14.8 Å². The third-order valence-corrected chi connectivity index (χ3v) is 8.25. The SMILES string of the molecule is COc1ccc2[nH]cc(C3CCN(C(CO)C4CCN(C(=O)C=Cc5cc(F)cc(F)c5)CC4)CC3)c2c1. The maximum Gasteiger partial charge on any atom is 0.246 e. The first-order chi connectivity index (χ1) is 18.4. The molecule has 1 aromatic heterocycles. The van der Waals surface area contributed by atoms with Gasteiger partial charge in [0.2, 0.25) is 5.91 Å². The number of fused-ring (bicyclic) bond motifs is 1. The molecule has 6 nitrogen and oxygen atoms in total. The Morgan fingerprint density at radius 2 is 1.79 bits per heavy atom. The van der Waals surface area contributed by atoms with E-state index in [2.05, 4.69) is 28.2 Å². The Labute approximate surface area is 221 Å². The molecular formula is C30H35F2N3O3. The van der Waals surface area contributed by atoms with Crippen LogP contribution < -0.4 is 4.74 Å². The van der Waals surface area contributed by atoms with Crippen LogP contribution in [0, 0.1) is 17.6 Å². The molecule has 1 unspecified atom stereocenters. The van der Waals surface area contributed by atoms with Crippen LogP contribution in [0.2, 0.25) is 0 Å². The highest BCUT2D eigenvalue weighted by Gasteiger charge is 2.34. The predicted molar refractivity (Wildman–Crippen MR) is 144 cm³/mol. The van der Waals surface area contributed by atoms with Crippen molar-refractivity contribution in [2.24, 2.45) is 5.92 Å². The second-order valence-electron chi connectivity index (χ2n) is 10.4. The lowest BCUT2D eigenvalue weighted by molar-refractivity contribution is -0.127. The Bertz CT molecular complexity index is 1270. The molecule has 3 heterocycles. The Morgan fingerprint density at radius 3 is 2.45 bits per heavy atom. The van der Waals surface area contributed by atoms with Crippen LogP contribution in [0.4, 0.5) is 8.78 Å². The topological polar surface area (TPSA) is 68.8 Å². The maximum absolute atomic E-state index is 13.4. The van der Waals surface area contributed by atoms with Crippen molar-refractivity contribution in [1.29, 1.82) is 0 Å². The fourth-order valence-electron chi connectivity index (χ4n) is 6.14. The lowest BCUT2D eigenvalue weighted by atomic mass is 9.84. The number of carbonyl (C=O) groups excluding carboxylic acids is 1. The maximum atomic E-state index is 13.4. The summed E-state index contributed by atoms with van der Waals surface area (Å²) >= 11 is 0. The number of amides is 1. The number of nitrogens with zero attached hydrogens (tertiary/aromatic N) is 2. The molecule has 0 saturated carbocycles. The van der Waals surface area contributed by atoms with Gasteiger partial charge < -0.3 is 19.7 Å². The number of aliphatic hydroxyl groups excluding tert-OH is 1. The third kappa shape index (κ3) is 5.76. The quantitative estimate of drug-likeness (QED) is 0.430. The van der Waals surface area contributed by atoms with Crippen LogP contribution in [0.15, 0.2) is 48.7 Å². The van der Waals surface area contributed by atoms with Gasteiger partial charge in [0, 0.05) is 48.4 Å². The summed E-state index contributed by atoms with van der Waals surface area (Å²) in [7, 11) is 1.69. The monoisotopic (exact) mass is 523 g/mol. The largest absolute Gasteiger partial charge is 0.497 e. The third-order valence-electron chi connectivity index (χ3n) is 8.25. The summed E-state index contributed by atoms with van der Waals surface area (Å²) in [6.45, 7) is 3.18. The molecule has 2 N–H and O–H groups in total. The van der Waals surface area contributed by atoms with Gasteiger partial charge in [0.25, 0.3) is 0 Å². The van der Waals surface area contributed by atoms with E-state index in [4.69, 9.17) is 4.74 Å². The van der Waals surface area contributed by atoms with Crippen molar-refractivity contribution in [3.05, 3.63) is 71.4 Å². The van der Waals surface area contributed by atoms with E-state index in [1.54, 1.807) is 12.0 Å². The molecule has 5 rings (SSSR count). The van der Waals surface area contributed by atoms with Crippen molar-refractivity contribution in [2.45, 2.75) is 37.6 Å². The second-order valence-corrected chi connectivity index (χ2v) is 10.4. The number of H-pyrrole nitrogens is 1. The molecule has 2 aliphatic heterocycles. The number of hydrogen-bond acceptors (Lipinski definition) is 4. The van der Waals surface area contributed by atoms with Crippen molar-refractivity contribution in [3.63, 3.8) is 0 Å². The van der Waals surface area contributed by atoms with Gasteiger partial charge in [0.1, 0.15) is 17.4 Å². The molecule has 0 spiro atoms. The van der Waals surface area contributed by atoms with Gasteiger partial charge in [-0.2, -0.15) is 0 Å². The molecule has 0 bridgehead atoms. The van der Waals surface area contributed by atoms with Gasteiger partial charge in [0.15, 0.2) is 0 Å². The minimum Gasteiger partial charge on any atom is -0.497 e. The Kier molecular flexibility index (Phi) is 8.09. The zero-order chi connectivity index (χ0) is 26.6. The van der Waals surface area contributed by atoms with Gasteiger partial charge in [-0.1, -0.05) is 0 Å². The normalized spacial score (nSPS) is 18.9. The van der Waals surface area contributed by atoms with Crippen LogP contribution in [0.3, 0.4) is 0 Å². The van der Waals surface area contributed by atoms with Gasteiger partial charge >= 0.3 is 0 Å². The number of halogens is 2. The second kappa shape index (κ2) is 11.7. The Morgan fingerprint density at radius 1 is 1.08 bits per heavy atom. The van der Waals surface area contributed by atoms with E-state index >= 15 is 0 Å². The van der Waals surface area contributed by atoms with Gasteiger partial charge in [-0.25, -0.2) is 8.78 Å². The molecule has 0 aliphatic carbocycles. The van der Waals surface area contributed by atoms with Crippen LogP contribution in [0.5, 0.6) is 5.75 Å². The summed E-state index contributed by atoms with van der Waals surface area (Å²) in [5.41, 5.74) is 2.77. The fourth-order valence-corrected chi connectivity index (χ4v) is 6.14. The first-order valence-corrected chi connectivity index (χ1v) is 13.4. The minimum absolute atomic E-state index is 0.0853. The zero-order valence-corrected chi connectivity index (χ0v) is 21.7. The van der Waals surface area contributed by atoms with Crippen LogP contribution >= 0.6 is 0 Å². The van der Waals surface area contributed by atoms with Gasteiger partial charge in [-0.05, 0) is 98.1 Å². The summed E-state index contributed by atoms with van der Waals surface area (Å²) in [5.74, 6) is 0.144. The first kappa shape index (κ1) is 26.4. The first-order valence-electron chi connectivity index (χ1n) is 13.4. The van der Waals surface area contributed by atoms with Crippen LogP contribution in [0.25, 0.3) is 17.0 Å². The molecule has 38 heavy (non-hydrogen) atoms. The number of methoxy groups -OCH3 is 1. The smallest absolute Gasteiger partial charge is 0.246 e. The molecule has 8 heteroatoms. The summed E-state index contributed by atoms with van der Waals surface area (Å²) < 4.78 is 32.2. The molecule has 2 fully saturated rings. The number of aliphatic hydroxyl groups is 1. The van der Waals surface area contributed by atoms with Crippen molar-refractivity contribution >= 4 is 22.9 Å². The van der Waals surface area contributed by atoms with E-state index in [1.165, 1.54) is 35.2 Å². The molecule has 2 aliphatic rings. The lowest BCUT2D eigenvalue weighted by Gasteiger charge is -2.43. The summed E-state index contributed by atoms with van der Waals surface area (Å²) in [6.07, 6.45) is 8.66. The Balaban J connectivity index is 1.14. The molecule has 3 aromatic rings. The highest BCUT2D eigenvalue weighted by atomic mass is 19.1. The van der Waals surface area contributed by atoms with E-state index in [1.807, 2.05) is 6.07 Å². The predicted octanol–water partition coefficient (Wildman–Crippen LogP) is 4.95. The van der Waals surface area contributed by atoms with E-state index in [9.17, 15) is 18.7 Å². The minimum atomic E-state index is -0.668. The molecule has 1 atom stereocenters. The number of likely N-dealkylation sites (tertiary alicyclic amines) is 2. The highest BCUT2D eigenvalue weighted by Crippen LogP contribution is 2.36. The number of hydrogen-bond donors (Lipinski definition) is 2. The molecule has 2 aromatic carbocycles. The number of ether oxygens (including phenoxy) is 1. The van der Waals surface area contributed by atoms with E-state index < -0.39 is 11.6 Å². The van der Waals surface area contributed by atoms with Crippen molar-refractivity contribution < 1.29 is 23.4 Å². The number of rotatable bonds is 7. The number of aromatic nitrogens is 1. The van der Waals surface area contributed by atoms with Crippen molar-refractivity contribution in [2.75, 3.05) is 39.9 Å². The van der Waals surface area contributed by atoms with Crippen LogP contribution in [0.1, 0.15) is 42.7 Å². The standard InChI is InChI=1S/C30H35F2N3O3/c1-38-25-3-4-28-26(17-25)27(18-33-28)21-6-10-34(11-7-21)29(19-36)22-8-12-35(13-9-22)30(37)5-2-20-14-23(31)16-24(32)15-20/h2-5,14-18,21-22,29,33,36H,6-13,19H2,1H3. The highest BCUT2D eigenvalue weighted by molar-refractivity contribution is 5.91. The molecule has 202 valence electrons. The van der Waals surface area contributed by atoms with Gasteiger partial charge in [0.05, 0.1) is 13.7 Å². The van der Waals surface area contributed by atoms with Gasteiger partial charge in [-0.3, -0.25) is 9.69 Å². The number of aromatic amines is 1. The Hall–Kier alpha value is -3.23. The van der Waals surface area contributed by atoms with Crippen molar-refractivity contribution in [3.8, 4) is 5.75 Å². The molecule has 0 radical (unpaired) electrons. The number of nitrogens with one attached hydrogen (secondary N) is 1. The summed E-state index contributed by atoms with van der Waals surface area (Å²) in [4.78, 5) is 20.2. The number of carbonyl (C=O) groups is 1. The molecule has 2 saturated heterocycles. The van der Waals surface area contributed by atoms with Gasteiger partial charge in [-0.15, -0.1) is 0 Å². The zero-order valence-electron chi connectivity index (χ0n) is 21.7. The molecule has 1 amide bonds. The van der Waals surface area contributed by atoms with E-state index in [-0.39, 0.29) is 18.6 Å². The van der Waals surface area contributed by atoms with E-state index in [0.29, 0.717) is 30.5 Å². The summed E-state index contributed by atoms with van der Waals surface area (Å²) in [5, 5.41) is 11.5. The van der Waals surface area contributed by atoms with E-state index in [0.717, 1.165) is 56.1 Å². The van der Waals surface area contributed by atoms with Crippen LogP contribution in [-0.2, 0) is 4.79 Å². The molecular weight excluding hydrogens is 488 g/mol. The average molecular weight is 524 g/mol. The number of piperidine rings is 2. The average Bonchev–Trinajstić information content (AvgIpc) is 3.35.